The van der Waals surface area contributed by atoms with Crippen molar-refractivity contribution >= 4 is 6.29 Å². The number of aliphatic hydroxyl groups excluding tert-OH is 1. The average Bonchev–Trinajstić information content (AvgIpc) is 3.08. The van der Waals surface area contributed by atoms with Crippen LogP contribution < -0.4 is 0 Å². The number of hydrogen-bond acceptors (Lipinski definition) is 2. The molecule has 0 aliphatic heterocycles. The van der Waals surface area contributed by atoms with Gasteiger partial charge in [-0.05, 0) is 91.8 Å². The van der Waals surface area contributed by atoms with Gasteiger partial charge in [-0.2, -0.15) is 0 Å². The predicted molar refractivity (Wildman–Crippen MR) is 129 cm³/mol. The first-order chi connectivity index (χ1) is 14.6. The summed E-state index contributed by atoms with van der Waals surface area (Å²) < 4.78 is 0. The Hall–Kier alpha value is -0.630. The largest absolute Gasteiger partial charge is 0.392 e. The van der Waals surface area contributed by atoms with Crippen LogP contribution in [0.5, 0.6) is 0 Å². The van der Waals surface area contributed by atoms with Crippen molar-refractivity contribution in [3.05, 3.63) is 11.1 Å². The number of aliphatic hydroxyl groups is 1. The fraction of sp³-hybridized carbons (Fsp3) is 0.897. The third-order valence-corrected chi connectivity index (χ3v) is 11.1. The lowest BCUT2D eigenvalue weighted by Crippen LogP contribution is -2.55. The monoisotopic (exact) mass is 428 g/mol. The smallest absolute Gasteiger partial charge is 0.128 e. The van der Waals surface area contributed by atoms with E-state index in [0.717, 1.165) is 49.2 Å². The molecule has 0 radical (unpaired) electrons. The van der Waals surface area contributed by atoms with Gasteiger partial charge >= 0.3 is 0 Å². The molecule has 0 bridgehead atoms. The van der Waals surface area contributed by atoms with Crippen LogP contribution in [0.15, 0.2) is 11.1 Å². The van der Waals surface area contributed by atoms with Crippen LogP contribution in [-0.4, -0.2) is 17.5 Å². The van der Waals surface area contributed by atoms with Gasteiger partial charge in [-0.25, -0.2) is 0 Å². The number of hydrogen-bond donors (Lipinski definition) is 1. The average molecular weight is 429 g/mol. The van der Waals surface area contributed by atoms with Crippen LogP contribution in [0.4, 0.5) is 0 Å². The molecule has 176 valence electrons. The topological polar surface area (TPSA) is 37.3 Å². The van der Waals surface area contributed by atoms with Crippen molar-refractivity contribution in [2.75, 3.05) is 0 Å². The quantitative estimate of drug-likeness (QED) is 0.355. The zero-order valence-electron chi connectivity index (χ0n) is 21.2. The van der Waals surface area contributed by atoms with E-state index < -0.39 is 11.5 Å². The Morgan fingerprint density at radius 2 is 1.74 bits per heavy atom. The number of carbonyl (C=O) groups excluding carboxylic acids is 1. The maximum Gasteiger partial charge on any atom is 0.128 e. The predicted octanol–water partition coefficient (Wildman–Crippen LogP) is 7.35. The minimum absolute atomic E-state index is 0.116. The highest BCUT2D eigenvalue weighted by atomic mass is 16.3. The molecule has 4 aliphatic carbocycles. The molecule has 4 rings (SSSR count). The Morgan fingerprint density at radius 1 is 1.00 bits per heavy atom. The fourth-order valence-corrected chi connectivity index (χ4v) is 9.21. The molecule has 2 heteroatoms. The summed E-state index contributed by atoms with van der Waals surface area (Å²) in [5, 5.41) is 10.7. The van der Waals surface area contributed by atoms with Crippen LogP contribution in [0.25, 0.3) is 0 Å². The molecule has 2 fully saturated rings. The van der Waals surface area contributed by atoms with Gasteiger partial charge in [0.25, 0.3) is 0 Å². The molecule has 0 aromatic carbocycles. The van der Waals surface area contributed by atoms with E-state index in [1.165, 1.54) is 51.4 Å². The van der Waals surface area contributed by atoms with E-state index in [9.17, 15) is 9.90 Å². The summed E-state index contributed by atoms with van der Waals surface area (Å²) >= 11 is 0. The number of carbonyl (C=O) groups is 1. The van der Waals surface area contributed by atoms with Gasteiger partial charge in [0.05, 0.1) is 11.5 Å². The van der Waals surface area contributed by atoms with Crippen LogP contribution in [0.3, 0.4) is 0 Å². The molecule has 1 N–H and O–H groups in total. The first kappa shape index (κ1) is 23.5. The highest BCUT2D eigenvalue weighted by Gasteiger charge is 2.60. The zero-order valence-corrected chi connectivity index (χ0v) is 21.2. The molecule has 8 atom stereocenters. The van der Waals surface area contributed by atoms with E-state index in [4.69, 9.17) is 0 Å². The van der Waals surface area contributed by atoms with Gasteiger partial charge < -0.3 is 9.90 Å². The third-order valence-electron chi connectivity index (χ3n) is 11.1. The van der Waals surface area contributed by atoms with E-state index in [1.807, 2.05) is 6.92 Å². The summed E-state index contributed by atoms with van der Waals surface area (Å²) in [5.41, 5.74) is 3.54. The van der Waals surface area contributed by atoms with Crippen molar-refractivity contribution in [1.29, 1.82) is 0 Å². The molecular formula is C29H48O2. The van der Waals surface area contributed by atoms with Crippen LogP contribution >= 0.6 is 0 Å². The molecule has 31 heavy (non-hydrogen) atoms. The lowest BCUT2D eigenvalue weighted by molar-refractivity contribution is -0.142. The minimum Gasteiger partial charge on any atom is -0.392 e. The maximum atomic E-state index is 12.2. The van der Waals surface area contributed by atoms with Crippen molar-refractivity contribution in [2.45, 2.75) is 118 Å². The van der Waals surface area contributed by atoms with Crippen molar-refractivity contribution in [1.82, 2.24) is 0 Å². The summed E-state index contributed by atoms with van der Waals surface area (Å²) in [5.74, 6) is 3.60. The number of fused-ring (bicyclic) bond motifs is 4. The van der Waals surface area contributed by atoms with Crippen LogP contribution in [0.1, 0.15) is 112 Å². The molecule has 0 saturated heterocycles. The van der Waals surface area contributed by atoms with E-state index in [2.05, 4.69) is 34.6 Å². The Morgan fingerprint density at radius 3 is 2.42 bits per heavy atom. The molecule has 0 amide bonds. The van der Waals surface area contributed by atoms with Crippen molar-refractivity contribution in [3.63, 3.8) is 0 Å². The molecule has 0 aromatic heterocycles. The molecule has 0 spiro atoms. The Labute approximate surface area is 191 Å². The van der Waals surface area contributed by atoms with Crippen molar-refractivity contribution in [2.24, 2.45) is 45.8 Å². The Balaban J connectivity index is 1.58. The molecule has 4 aliphatic rings. The highest BCUT2D eigenvalue weighted by Crippen LogP contribution is 2.67. The molecular weight excluding hydrogens is 380 g/mol. The third kappa shape index (κ3) is 3.58. The maximum absolute atomic E-state index is 12.2. The molecule has 2 nitrogen and oxygen atoms in total. The summed E-state index contributed by atoms with van der Waals surface area (Å²) in [4.78, 5) is 12.2. The Kier molecular flexibility index (Phi) is 6.30. The van der Waals surface area contributed by atoms with Crippen molar-refractivity contribution in [3.8, 4) is 0 Å². The van der Waals surface area contributed by atoms with Crippen LogP contribution in [0, 0.1) is 45.8 Å². The van der Waals surface area contributed by atoms with Crippen LogP contribution in [0.2, 0.25) is 0 Å². The van der Waals surface area contributed by atoms with Gasteiger partial charge in [0.1, 0.15) is 6.29 Å². The highest BCUT2D eigenvalue weighted by molar-refractivity contribution is 5.62. The molecule has 2 saturated carbocycles. The lowest BCUT2D eigenvalue weighted by atomic mass is 9.45. The van der Waals surface area contributed by atoms with E-state index in [1.54, 1.807) is 11.1 Å². The van der Waals surface area contributed by atoms with Gasteiger partial charge in [-0.1, -0.05) is 72.0 Å². The van der Waals surface area contributed by atoms with Crippen LogP contribution in [-0.2, 0) is 4.79 Å². The summed E-state index contributed by atoms with van der Waals surface area (Å²) in [6.07, 6.45) is 14.2. The van der Waals surface area contributed by atoms with Gasteiger partial charge in [0.2, 0.25) is 0 Å². The molecule has 0 unspecified atom stereocenters. The second-order valence-electron chi connectivity index (χ2n) is 13.1. The van der Waals surface area contributed by atoms with Gasteiger partial charge in [-0.15, -0.1) is 0 Å². The summed E-state index contributed by atoms with van der Waals surface area (Å²) in [7, 11) is 0. The second kappa shape index (κ2) is 8.30. The normalized spacial score (nSPS) is 45.8. The first-order valence-corrected chi connectivity index (χ1v) is 13.4. The Bertz CT molecular complexity index is 722. The SMILES string of the molecule is CC(C)CCC[C@@H](C)[C@H]1CC[C@H]2C3=C(CC[C@]12C)[C@@]1(C)CC[C@H](O)[C@@](C)(C=O)[C@@H]1CC3. The number of aldehydes is 1. The second-order valence-corrected chi connectivity index (χ2v) is 13.1. The van der Waals surface area contributed by atoms with E-state index >= 15 is 0 Å². The minimum atomic E-state index is -0.574. The number of rotatable bonds is 6. The summed E-state index contributed by atoms with van der Waals surface area (Å²) in [6, 6.07) is 0. The summed E-state index contributed by atoms with van der Waals surface area (Å²) in [6.45, 7) is 14.4. The zero-order chi connectivity index (χ0) is 22.6. The van der Waals surface area contributed by atoms with E-state index in [-0.39, 0.29) is 5.41 Å². The first-order valence-electron chi connectivity index (χ1n) is 13.4. The standard InChI is InChI=1S/C29H48O2/c1-19(2)8-7-9-20(3)22-11-12-23-21-10-13-25-28(5,24(21)14-16-27(22,23)4)17-15-26(31)29(25,6)18-30/h18-20,22-23,25-26,31H,7-17H2,1-6H3/t20-,22-,23+,25-,26+,27-,28-,29+/m1/s1. The van der Waals surface area contributed by atoms with Gasteiger partial charge in [0, 0.05) is 0 Å². The van der Waals surface area contributed by atoms with Crippen molar-refractivity contribution < 1.29 is 9.90 Å². The lowest BCUT2D eigenvalue weighted by Gasteiger charge is -2.59. The van der Waals surface area contributed by atoms with E-state index in [0.29, 0.717) is 11.3 Å². The van der Waals surface area contributed by atoms with Gasteiger partial charge in [0.15, 0.2) is 0 Å². The molecule has 0 heterocycles. The molecule has 0 aromatic rings. The fourth-order valence-electron chi connectivity index (χ4n) is 9.21. The number of allylic oxidation sites excluding steroid dienone is 2. The van der Waals surface area contributed by atoms with Gasteiger partial charge in [-0.3, -0.25) is 0 Å².